The zero-order valence-corrected chi connectivity index (χ0v) is 14.3. The lowest BCUT2D eigenvalue weighted by atomic mass is 10.1. The summed E-state index contributed by atoms with van der Waals surface area (Å²) in [5, 5.41) is 11.8. The lowest BCUT2D eigenvalue weighted by molar-refractivity contribution is 0.0435. The van der Waals surface area contributed by atoms with E-state index in [1.165, 1.54) is 12.1 Å². The Balaban J connectivity index is 1.59. The molecule has 28 heavy (non-hydrogen) atoms. The summed E-state index contributed by atoms with van der Waals surface area (Å²) in [6.07, 6.45) is 0.864. The van der Waals surface area contributed by atoms with E-state index in [0.717, 1.165) is 22.4 Å². The number of hydrogen-bond donors (Lipinski definition) is 2. The Morgan fingerprint density at radius 1 is 1.18 bits per heavy atom. The van der Waals surface area contributed by atoms with Gasteiger partial charge in [-0.15, -0.1) is 0 Å². The predicted molar refractivity (Wildman–Crippen MR) is 97.0 cm³/mol. The Morgan fingerprint density at radius 3 is 2.71 bits per heavy atom. The van der Waals surface area contributed by atoms with Crippen molar-refractivity contribution in [1.29, 1.82) is 0 Å². The number of carbonyl (C=O) groups is 1. The number of rotatable bonds is 4. The van der Waals surface area contributed by atoms with E-state index in [1.54, 1.807) is 0 Å². The number of H-pyrrole nitrogens is 1. The molecule has 0 fully saturated rings. The van der Waals surface area contributed by atoms with Crippen LogP contribution in [0.5, 0.6) is 5.75 Å². The van der Waals surface area contributed by atoms with Gasteiger partial charge in [-0.3, -0.25) is 14.7 Å². The molecule has 0 aliphatic carbocycles. The maximum atomic E-state index is 12.3. The lowest BCUT2D eigenvalue weighted by Gasteiger charge is -2.02. The molecule has 4 rings (SSSR count). The molecule has 0 amide bonds. The summed E-state index contributed by atoms with van der Waals surface area (Å²) < 4.78 is 11.2. The van der Waals surface area contributed by atoms with Gasteiger partial charge >= 0.3 is 5.97 Å². The van der Waals surface area contributed by atoms with Crippen LogP contribution in [0.3, 0.4) is 0 Å². The maximum absolute atomic E-state index is 12.3. The molecule has 3 aromatic heterocycles. The minimum Gasteiger partial charge on any atom is -0.502 e. The highest BCUT2D eigenvalue weighted by Gasteiger charge is 2.15. The first-order chi connectivity index (χ1) is 13.5. The number of nitrogens with one attached hydrogen (secondary N) is 1. The maximum Gasteiger partial charge on any atom is 0.356 e. The van der Waals surface area contributed by atoms with Crippen molar-refractivity contribution in [1.82, 2.24) is 14.6 Å². The molecule has 1 aromatic carbocycles. The van der Waals surface area contributed by atoms with Crippen LogP contribution in [0.1, 0.15) is 16.2 Å². The Kier molecular flexibility index (Phi) is 4.24. The monoisotopic (exact) mass is 379 g/mol. The van der Waals surface area contributed by atoms with Gasteiger partial charge < -0.3 is 14.3 Å². The van der Waals surface area contributed by atoms with Gasteiger partial charge in [-0.1, -0.05) is 30.3 Å². The first kappa shape index (κ1) is 17.3. The molecular formula is C19H13N3O6. The highest BCUT2D eigenvalue weighted by molar-refractivity contribution is 5.88. The van der Waals surface area contributed by atoms with Gasteiger partial charge in [-0.25, -0.2) is 14.3 Å². The molecular weight excluding hydrogens is 366 g/mol. The number of benzene rings is 1. The van der Waals surface area contributed by atoms with Gasteiger partial charge in [0.25, 0.3) is 5.56 Å². The standard InChI is InChI=1S/C19H13N3O6/c23-15-6-12(27-10-16(15)24)9-28-19(26)14-7-17-20-13(8-18(25)22(17)21-14)11-4-2-1-3-5-11/h1-8,10,21,24H,9H2. The molecule has 0 spiro atoms. The first-order valence-corrected chi connectivity index (χ1v) is 8.17. The van der Waals surface area contributed by atoms with Crippen LogP contribution >= 0.6 is 0 Å². The summed E-state index contributed by atoms with van der Waals surface area (Å²) in [6, 6.07) is 12.9. The number of esters is 1. The van der Waals surface area contributed by atoms with Gasteiger partial charge in [-0.05, 0) is 0 Å². The minimum atomic E-state index is -0.762. The zero-order valence-electron chi connectivity index (χ0n) is 14.3. The Labute approximate surface area is 156 Å². The summed E-state index contributed by atoms with van der Waals surface area (Å²) >= 11 is 0. The molecule has 0 radical (unpaired) electrons. The largest absolute Gasteiger partial charge is 0.502 e. The Morgan fingerprint density at radius 2 is 1.96 bits per heavy atom. The van der Waals surface area contributed by atoms with Gasteiger partial charge in [0.2, 0.25) is 5.43 Å². The number of aromatic nitrogens is 3. The number of aromatic amines is 1. The lowest BCUT2D eigenvalue weighted by Crippen LogP contribution is -2.15. The van der Waals surface area contributed by atoms with Crippen molar-refractivity contribution in [2.75, 3.05) is 0 Å². The second-order valence-electron chi connectivity index (χ2n) is 5.88. The molecule has 4 aromatic rings. The van der Waals surface area contributed by atoms with Gasteiger partial charge in [0.05, 0.1) is 5.69 Å². The zero-order chi connectivity index (χ0) is 19.7. The van der Waals surface area contributed by atoms with Crippen molar-refractivity contribution in [3.63, 3.8) is 0 Å². The second kappa shape index (κ2) is 6.88. The highest BCUT2D eigenvalue weighted by atomic mass is 16.5. The summed E-state index contributed by atoms with van der Waals surface area (Å²) in [7, 11) is 0. The molecule has 0 bridgehead atoms. The number of fused-ring (bicyclic) bond motifs is 1. The van der Waals surface area contributed by atoms with Crippen LogP contribution in [0, 0.1) is 0 Å². The van der Waals surface area contributed by atoms with Crippen molar-refractivity contribution in [2.45, 2.75) is 6.61 Å². The van der Waals surface area contributed by atoms with Crippen LogP contribution in [0.25, 0.3) is 16.9 Å². The predicted octanol–water partition coefficient (Wildman–Crippen LogP) is 1.71. The van der Waals surface area contributed by atoms with Crippen LogP contribution in [0.4, 0.5) is 0 Å². The van der Waals surface area contributed by atoms with Crippen molar-refractivity contribution in [3.05, 3.63) is 86.8 Å². The normalized spacial score (nSPS) is 10.9. The minimum absolute atomic E-state index is 0.0101. The molecule has 140 valence electrons. The third-order valence-corrected chi connectivity index (χ3v) is 3.95. The molecule has 0 saturated heterocycles. The number of aromatic hydroxyl groups is 1. The highest BCUT2D eigenvalue weighted by Crippen LogP contribution is 2.16. The number of hydrogen-bond acceptors (Lipinski definition) is 7. The van der Waals surface area contributed by atoms with E-state index in [9.17, 15) is 14.4 Å². The van der Waals surface area contributed by atoms with Crippen molar-refractivity contribution in [3.8, 4) is 17.0 Å². The van der Waals surface area contributed by atoms with Crippen LogP contribution in [-0.2, 0) is 11.3 Å². The Hall–Kier alpha value is -4.14. The van der Waals surface area contributed by atoms with E-state index < -0.39 is 17.1 Å². The molecule has 0 unspecified atom stereocenters. The van der Waals surface area contributed by atoms with Crippen LogP contribution in [0.15, 0.2) is 68.8 Å². The van der Waals surface area contributed by atoms with Crippen LogP contribution in [0.2, 0.25) is 0 Å². The van der Waals surface area contributed by atoms with Gasteiger partial charge in [0, 0.05) is 23.8 Å². The SMILES string of the molecule is O=C(OCc1cc(=O)c(O)co1)c1cc2nc(-c3ccccc3)cc(=O)n2[nH]1. The average molecular weight is 379 g/mol. The average Bonchev–Trinajstić information content (AvgIpc) is 3.14. The second-order valence-corrected chi connectivity index (χ2v) is 5.88. The van der Waals surface area contributed by atoms with Gasteiger partial charge in [0.15, 0.2) is 11.4 Å². The third kappa shape index (κ3) is 3.28. The molecule has 0 atom stereocenters. The molecule has 2 N–H and O–H groups in total. The topological polar surface area (TPSA) is 127 Å². The van der Waals surface area contributed by atoms with Crippen molar-refractivity contribution < 1.29 is 19.1 Å². The quantitative estimate of drug-likeness (QED) is 0.517. The van der Waals surface area contributed by atoms with E-state index in [2.05, 4.69) is 10.1 Å². The summed E-state index contributed by atoms with van der Waals surface area (Å²) in [4.78, 5) is 40.3. The van der Waals surface area contributed by atoms with E-state index in [4.69, 9.17) is 14.3 Å². The van der Waals surface area contributed by atoms with Gasteiger partial charge in [-0.2, -0.15) is 0 Å². The molecule has 3 heterocycles. The van der Waals surface area contributed by atoms with E-state index in [-0.39, 0.29) is 29.3 Å². The van der Waals surface area contributed by atoms with Crippen molar-refractivity contribution >= 4 is 11.6 Å². The van der Waals surface area contributed by atoms with Crippen LogP contribution in [-0.4, -0.2) is 25.7 Å². The number of carbonyl (C=O) groups excluding carboxylic acids is 1. The van der Waals surface area contributed by atoms with Crippen molar-refractivity contribution in [2.24, 2.45) is 0 Å². The number of nitrogens with zero attached hydrogens (tertiary/aromatic N) is 2. The van der Waals surface area contributed by atoms with E-state index in [1.807, 2.05) is 30.3 Å². The molecule has 0 saturated carbocycles. The van der Waals surface area contributed by atoms with E-state index >= 15 is 0 Å². The first-order valence-electron chi connectivity index (χ1n) is 8.17. The fraction of sp³-hybridized carbons (Fsp3) is 0.0526. The summed E-state index contributed by atoms with van der Waals surface area (Å²) in [5.74, 6) is -1.24. The fourth-order valence-electron chi connectivity index (χ4n) is 2.59. The Bertz CT molecular complexity index is 1290. The third-order valence-electron chi connectivity index (χ3n) is 3.95. The molecule has 0 aliphatic heterocycles. The molecule has 0 aliphatic rings. The fourth-order valence-corrected chi connectivity index (χ4v) is 2.59. The van der Waals surface area contributed by atoms with Gasteiger partial charge in [0.1, 0.15) is 24.3 Å². The summed E-state index contributed by atoms with van der Waals surface area (Å²) in [6.45, 7) is -0.318. The smallest absolute Gasteiger partial charge is 0.356 e. The number of ether oxygens (including phenoxy) is 1. The molecule has 9 nitrogen and oxygen atoms in total. The van der Waals surface area contributed by atoms with Crippen LogP contribution < -0.4 is 11.0 Å². The molecule has 9 heteroatoms. The van der Waals surface area contributed by atoms with E-state index in [0.29, 0.717) is 5.69 Å². The summed E-state index contributed by atoms with van der Waals surface area (Å²) in [5.41, 5.74) is 0.495.